The molecule has 1 aromatic rings. The molecule has 0 bridgehead atoms. The van der Waals surface area contributed by atoms with Crippen molar-refractivity contribution in [2.45, 2.75) is 46.1 Å². The summed E-state index contributed by atoms with van der Waals surface area (Å²) in [5.41, 5.74) is 1.35. The molecule has 1 aromatic heterocycles. The van der Waals surface area contributed by atoms with Crippen LogP contribution in [0.15, 0.2) is 24.5 Å². The summed E-state index contributed by atoms with van der Waals surface area (Å²) in [6, 6.07) is 4.26. The molecule has 0 aliphatic heterocycles. The van der Waals surface area contributed by atoms with Gasteiger partial charge in [0.15, 0.2) is 12.4 Å². The lowest BCUT2D eigenvalue weighted by Gasteiger charge is -1.97. The largest absolute Gasteiger partial charge is 1.00 e. The van der Waals surface area contributed by atoms with E-state index >= 15 is 0 Å². The number of hydrogen-bond donors (Lipinski definition) is 0. The SMILES string of the molecule is CCCCCC[n+]1cccc(C)c1.[I-]. The minimum atomic E-state index is 0. The highest BCUT2D eigenvalue weighted by Crippen LogP contribution is 1.98. The van der Waals surface area contributed by atoms with Gasteiger partial charge in [0.25, 0.3) is 0 Å². The Kier molecular flexibility index (Phi) is 8.14. The average Bonchev–Trinajstić information content (AvgIpc) is 2.13. The van der Waals surface area contributed by atoms with Crippen LogP contribution in [-0.2, 0) is 6.54 Å². The van der Waals surface area contributed by atoms with E-state index in [-0.39, 0.29) is 24.0 Å². The van der Waals surface area contributed by atoms with Crippen molar-refractivity contribution in [2.24, 2.45) is 0 Å². The first kappa shape index (κ1) is 13.9. The zero-order valence-electron chi connectivity index (χ0n) is 9.17. The number of nitrogens with zero attached hydrogens (tertiary/aromatic N) is 1. The summed E-state index contributed by atoms with van der Waals surface area (Å²) in [7, 11) is 0. The normalized spacial score (nSPS) is 9.57. The standard InChI is InChI=1S/C12H20N.HI/c1-3-4-5-6-9-13-10-7-8-12(2)11-13;/h7-8,10-11H,3-6,9H2,1-2H3;1H/q+1;/p-1. The predicted octanol–water partition coefficient (Wildman–Crippen LogP) is -0.133. The van der Waals surface area contributed by atoms with E-state index in [0.29, 0.717) is 0 Å². The van der Waals surface area contributed by atoms with Crippen LogP contribution in [0.5, 0.6) is 0 Å². The van der Waals surface area contributed by atoms with Crippen LogP contribution in [0.25, 0.3) is 0 Å². The van der Waals surface area contributed by atoms with Gasteiger partial charge in [0.05, 0.1) is 0 Å². The van der Waals surface area contributed by atoms with Crippen molar-refractivity contribution in [1.82, 2.24) is 0 Å². The zero-order valence-corrected chi connectivity index (χ0v) is 11.3. The summed E-state index contributed by atoms with van der Waals surface area (Å²) >= 11 is 0. The number of aromatic nitrogens is 1. The molecule has 14 heavy (non-hydrogen) atoms. The fraction of sp³-hybridized carbons (Fsp3) is 0.583. The Bertz CT molecular complexity index is 248. The van der Waals surface area contributed by atoms with E-state index in [9.17, 15) is 0 Å². The van der Waals surface area contributed by atoms with E-state index in [4.69, 9.17) is 0 Å². The molecule has 0 N–H and O–H groups in total. The first-order chi connectivity index (χ1) is 6.33. The van der Waals surface area contributed by atoms with Crippen molar-refractivity contribution in [2.75, 3.05) is 0 Å². The molecule has 0 spiro atoms. The summed E-state index contributed by atoms with van der Waals surface area (Å²) in [6.07, 6.45) is 9.72. The molecule has 0 aliphatic carbocycles. The van der Waals surface area contributed by atoms with Crippen LogP contribution < -0.4 is 28.5 Å². The Morgan fingerprint density at radius 3 is 2.64 bits per heavy atom. The average molecular weight is 305 g/mol. The highest BCUT2D eigenvalue weighted by atomic mass is 127. The Labute approximate surface area is 105 Å². The monoisotopic (exact) mass is 305 g/mol. The van der Waals surface area contributed by atoms with Crippen molar-refractivity contribution in [1.29, 1.82) is 0 Å². The third-order valence-corrected chi connectivity index (χ3v) is 2.28. The maximum Gasteiger partial charge on any atom is 0.171 e. The van der Waals surface area contributed by atoms with Crippen molar-refractivity contribution < 1.29 is 28.5 Å². The van der Waals surface area contributed by atoms with Crippen LogP contribution in [0.3, 0.4) is 0 Å². The second-order valence-electron chi connectivity index (χ2n) is 3.68. The van der Waals surface area contributed by atoms with Gasteiger partial charge in [-0.3, -0.25) is 0 Å². The minimum absolute atomic E-state index is 0. The van der Waals surface area contributed by atoms with Crippen molar-refractivity contribution >= 4 is 0 Å². The number of halogens is 1. The number of unbranched alkanes of at least 4 members (excludes halogenated alkanes) is 3. The van der Waals surface area contributed by atoms with Crippen LogP contribution in [0.4, 0.5) is 0 Å². The molecule has 1 nitrogen and oxygen atoms in total. The molecule has 2 heteroatoms. The first-order valence-electron chi connectivity index (χ1n) is 5.28. The molecule has 0 fully saturated rings. The zero-order chi connectivity index (χ0) is 9.52. The molecular weight excluding hydrogens is 285 g/mol. The van der Waals surface area contributed by atoms with E-state index < -0.39 is 0 Å². The van der Waals surface area contributed by atoms with Gasteiger partial charge in [-0.2, -0.15) is 0 Å². The van der Waals surface area contributed by atoms with Crippen LogP contribution in [0, 0.1) is 6.92 Å². The molecular formula is C12H20IN. The van der Waals surface area contributed by atoms with Gasteiger partial charge in [0.1, 0.15) is 6.54 Å². The lowest BCUT2D eigenvalue weighted by molar-refractivity contribution is -0.697. The first-order valence-corrected chi connectivity index (χ1v) is 5.28. The van der Waals surface area contributed by atoms with Gasteiger partial charge in [0, 0.05) is 18.1 Å². The fourth-order valence-electron chi connectivity index (χ4n) is 1.51. The van der Waals surface area contributed by atoms with E-state index in [2.05, 4.69) is 42.9 Å². The third-order valence-electron chi connectivity index (χ3n) is 2.28. The lowest BCUT2D eigenvalue weighted by atomic mass is 10.2. The van der Waals surface area contributed by atoms with Gasteiger partial charge in [-0.05, 0) is 19.4 Å². The highest BCUT2D eigenvalue weighted by molar-refractivity contribution is 5.01. The summed E-state index contributed by atoms with van der Waals surface area (Å²) < 4.78 is 2.28. The lowest BCUT2D eigenvalue weighted by Crippen LogP contribution is -3.00. The molecule has 0 atom stereocenters. The topological polar surface area (TPSA) is 3.88 Å². The summed E-state index contributed by atoms with van der Waals surface area (Å²) in [4.78, 5) is 0. The van der Waals surface area contributed by atoms with Gasteiger partial charge in [-0.15, -0.1) is 0 Å². The number of rotatable bonds is 5. The molecule has 0 amide bonds. The van der Waals surface area contributed by atoms with E-state index in [1.165, 1.54) is 37.8 Å². The van der Waals surface area contributed by atoms with E-state index in [1.54, 1.807) is 0 Å². The Morgan fingerprint density at radius 1 is 1.21 bits per heavy atom. The van der Waals surface area contributed by atoms with Crippen LogP contribution in [0.1, 0.15) is 38.2 Å². The van der Waals surface area contributed by atoms with Gasteiger partial charge in [-0.25, -0.2) is 4.57 Å². The van der Waals surface area contributed by atoms with Gasteiger partial charge in [0.2, 0.25) is 0 Å². The predicted molar refractivity (Wildman–Crippen MR) is 55.5 cm³/mol. The second kappa shape index (κ2) is 8.21. The van der Waals surface area contributed by atoms with E-state index in [0.717, 1.165) is 0 Å². The molecule has 0 unspecified atom stereocenters. The van der Waals surface area contributed by atoms with Crippen LogP contribution in [-0.4, -0.2) is 0 Å². The molecule has 0 radical (unpaired) electrons. The molecule has 80 valence electrons. The van der Waals surface area contributed by atoms with Crippen molar-refractivity contribution in [3.8, 4) is 0 Å². The van der Waals surface area contributed by atoms with Crippen LogP contribution in [0.2, 0.25) is 0 Å². The summed E-state index contributed by atoms with van der Waals surface area (Å²) in [5, 5.41) is 0. The number of hydrogen-bond acceptors (Lipinski definition) is 0. The summed E-state index contributed by atoms with van der Waals surface area (Å²) in [6.45, 7) is 5.56. The Morgan fingerprint density at radius 2 is 2.00 bits per heavy atom. The van der Waals surface area contributed by atoms with E-state index in [1.807, 2.05) is 0 Å². The summed E-state index contributed by atoms with van der Waals surface area (Å²) in [5.74, 6) is 0. The van der Waals surface area contributed by atoms with Crippen LogP contribution >= 0.6 is 0 Å². The fourth-order valence-corrected chi connectivity index (χ4v) is 1.51. The van der Waals surface area contributed by atoms with Crippen molar-refractivity contribution in [3.63, 3.8) is 0 Å². The minimum Gasteiger partial charge on any atom is -1.00 e. The number of aryl methyl sites for hydroxylation is 2. The van der Waals surface area contributed by atoms with Gasteiger partial charge in [-0.1, -0.05) is 19.8 Å². The third kappa shape index (κ3) is 5.58. The molecule has 0 aliphatic rings. The highest BCUT2D eigenvalue weighted by Gasteiger charge is 1.98. The quantitative estimate of drug-likeness (QED) is 0.405. The molecule has 0 saturated carbocycles. The van der Waals surface area contributed by atoms with Gasteiger partial charge >= 0.3 is 0 Å². The maximum absolute atomic E-state index is 2.28. The smallest absolute Gasteiger partial charge is 0.171 e. The van der Waals surface area contributed by atoms with Gasteiger partial charge < -0.3 is 24.0 Å². The molecule has 0 saturated heterocycles. The Hall–Kier alpha value is -0.120. The maximum atomic E-state index is 2.28. The Balaban J connectivity index is 0.00000169. The second-order valence-corrected chi connectivity index (χ2v) is 3.68. The number of pyridine rings is 1. The van der Waals surface area contributed by atoms with Crippen molar-refractivity contribution in [3.05, 3.63) is 30.1 Å². The molecule has 1 heterocycles. The molecule has 1 rings (SSSR count). The molecule has 0 aromatic carbocycles.